The third-order valence-corrected chi connectivity index (χ3v) is 5.04. The summed E-state index contributed by atoms with van der Waals surface area (Å²) in [5, 5.41) is 8.45. The van der Waals surface area contributed by atoms with Crippen molar-refractivity contribution in [1.29, 1.82) is 0 Å². The van der Waals surface area contributed by atoms with Crippen LogP contribution in [0, 0.1) is 5.92 Å². The monoisotopic (exact) mass is 389 g/mol. The Kier molecular flexibility index (Phi) is 4.60. The maximum atomic E-state index is 5.83. The molecule has 0 bridgehead atoms. The van der Waals surface area contributed by atoms with Crippen molar-refractivity contribution in [2.45, 2.75) is 31.6 Å². The standard InChI is InChI=1S/C17H20BrN5O/c18-14-9-19-17(20-10-14)23-7-5-12(6-8-23)11-24-16-4-3-15(21-22-16)13-1-2-13/h3-4,9-10,12-13H,1-2,5-8,11H2. The first-order valence-electron chi connectivity index (χ1n) is 8.47. The van der Waals surface area contributed by atoms with E-state index in [0.29, 0.717) is 24.3 Å². The Morgan fingerprint density at radius 1 is 1.04 bits per heavy atom. The molecule has 2 aromatic rings. The van der Waals surface area contributed by atoms with Crippen molar-refractivity contribution in [3.63, 3.8) is 0 Å². The molecule has 0 N–H and O–H groups in total. The van der Waals surface area contributed by atoms with Crippen LogP contribution in [0.15, 0.2) is 29.0 Å². The lowest BCUT2D eigenvalue weighted by Gasteiger charge is -2.31. The molecular formula is C17H20BrN5O. The molecule has 24 heavy (non-hydrogen) atoms. The van der Waals surface area contributed by atoms with Crippen LogP contribution < -0.4 is 9.64 Å². The predicted molar refractivity (Wildman–Crippen MR) is 94.2 cm³/mol. The maximum absolute atomic E-state index is 5.83. The molecule has 2 fully saturated rings. The quantitative estimate of drug-likeness (QED) is 0.781. The Morgan fingerprint density at radius 3 is 2.42 bits per heavy atom. The van der Waals surface area contributed by atoms with Crippen LogP contribution in [0.3, 0.4) is 0 Å². The van der Waals surface area contributed by atoms with Gasteiger partial charge in [0.1, 0.15) is 0 Å². The second-order valence-electron chi connectivity index (χ2n) is 6.51. The summed E-state index contributed by atoms with van der Waals surface area (Å²) in [5.74, 6) is 2.62. The molecule has 0 unspecified atom stereocenters. The Balaban J connectivity index is 1.24. The first-order valence-corrected chi connectivity index (χ1v) is 9.26. The average molecular weight is 390 g/mol. The molecule has 0 spiro atoms. The van der Waals surface area contributed by atoms with Gasteiger partial charge in [0.15, 0.2) is 0 Å². The highest BCUT2D eigenvalue weighted by Crippen LogP contribution is 2.38. The number of anilines is 1. The molecule has 0 atom stereocenters. The minimum atomic E-state index is 0.543. The van der Waals surface area contributed by atoms with E-state index < -0.39 is 0 Å². The number of halogens is 1. The smallest absolute Gasteiger partial charge is 0.233 e. The highest BCUT2D eigenvalue weighted by molar-refractivity contribution is 9.10. The van der Waals surface area contributed by atoms with E-state index in [9.17, 15) is 0 Å². The van der Waals surface area contributed by atoms with Gasteiger partial charge in [-0.25, -0.2) is 9.97 Å². The van der Waals surface area contributed by atoms with Crippen LogP contribution in [-0.4, -0.2) is 39.9 Å². The van der Waals surface area contributed by atoms with E-state index in [1.54, 1.807) is 12.4 Å². The first-order chi connectivity index (χ1) is 11.8. The van der Waals surface area contributed by atoms with Crippen LogP contribution in [0.2, 0.25) is 0 Å². The maximum Gasteiger partial charge on any atom is 0.233 e. The van der Waals surface area contributed by atoms with Crippen molar-refractivity contribution in [3.05, 3.63) is 34.7 Å². The molecule has 1 aliphatic carbocycles. The second-order valence-corrected chi connectivity index (χ2v) is 7.43. The summed E-state index contributed by atoms with van der Waals surface area (Å²) >= 11 is 3.37. The fraction of sp³-hybridized carbons (Fsp3) is 0.529. The molecule has 4 rings (SSSR count). The van der Waals surface area contributed by atoms with Crippen molar-refractivity contribution in [1.82, 2.24) is 20.2 Å². The van der Waals surface area contributed by atoms with Crippen molar-refractivity contribution in [2.24, 2.45) is 5.92 Å². The number of aromatic nitrogens is 4. The lowest BCUT2D eigenvalue weighted by Crippen LogP contribution is -2.36. The Morgan fingerprint density at radius 2 is 1.79 bits per heavy atom. The number of ether oxygens (including phenoxy) is 1. The number of rotatable bonds is 5. The van der Waals surface area contributed by atoms with Crippen LogP contribution >= 0.6 is 15.9 Å². The van der Waals surface area contributed by atoms with Gasteiger partial charge in [0.25, 0.3) is 0 Å². The van der Waals surface area contributed by atoms with E-state index in [1.807, 2.05) is 12.1 Å². The number of piperidine rings is 1. The largest absolute Gasteiger partial charge is 0.476 e. The average Bonchev–Trinajstić information content (AvgIpc) is 3.47. The van der Waals surface area contributed by atoms with E-state index in [-0.39, 0.29) is 0 Å². The molecule has 3 heterocycles. The molecule has 2 aliphatic rings. The Hall–Kier alpha value is -1.76. The van der Waals surface area contributed by atoms with E-state index >= 15 is 0 Å². The highest BCUT2D eigenvalue weighted by Gasteiger charge is 2.25. The van der Waals surface area contributed by atoms with Gasteiger partial charge in [-0.2, -0.15) is 5.10 Å². The van der Waals surface area contributed by atoms with Crippen LogP contribution in [0.1, 0.15) is 37.3 Å². The van der Waals surface area contributed by atoms with E-state index in [2.05, 4.69) is 41.0 Å². The minimum Gasteiger partial charge on any atom is -0.476 e. The zero-order chi connectivity index (χ0) is 16.4. The van der Waals surface area contributed by atoms with Crippen molar-refractivity contribution in [3.8, 4) is 5.88 Å². The topological polar surface area (TPSA) is 64.0 Å². The summed E-state index contributed by atoms with van der Waals surface area (Å²) in [6.45, 7) is 2.62. The molecule has 0 aromatic carbocycles. The number of nitrogens with zero attached hydrogens (tertiary/aromatic N) is 5. The van der Waals surface area contributed by atoms with Crippen molar-refractivity contribution >= 4 is 21.9 Å². The second kappa shape index (κ2) is 7.01. The summed E-state index contributed by atoms with van der Waals surface area (Å²) in [6.07, 6.45) is 8.23. The number of hydrogen-bond acceptors (Lipinski definition) is 6. The lowest BCUT2D eigenvalue weighted by atomic mass is 9.98. The fourth-order valence-corrected chi connectivity index (χ4v) is 3.18. The zero-order valence-corrected chi connectivity index (χ0v) is 15.0. The fourth-order valence-electron chi connectivity index (χ4n) is 2.98. The van der Waals surface area contributed by atoms with Crippen molar-refractivity contribution < 1.29 is 4.74 Å². The summed E-state index contributed by atoms with van der Waals surface area (Å²) in [4.78, 5) is 11.0. The third kappa shape index (κ3) is 3.83. The normalized spacial score (nSPS) is 18.6. The Labute approximate surface area is 149 Å². The van der Waals surface area contributed by atoms with Crippen LogP contribution in [0.4, 0.5) is 5.95 Å². The van der Waals surface area contributed by atoms with Crippen LogP contribution in [0.25, 0.3) is 0 Å². The summed E-state index contributed by atoms with van der Waals surface area (Å²) in [5.41, 5.74) is 1.10. The van der Waals surface area contributed by atoms with Gasteiger partial charge < -0.3 is 9.64 Å². The predicted octanol–water partition coefficient (Wildman–Crippen LogP) is 3.20. The molecule has 0 amide bonds. The summed E-state index contributed by atoms with van der Waals surface area (Å²) in [7, 11) is 0. The summed E-state index contributed by atoms with van der Waals surface area (Å²) < 4.78 is 6.73. The van der Waals surface area contributed by atoms with Gasteiger partial charge >= 0.3 is 0 Å². The van der Waals surface area contributed by atoms with Gasteiger partial charge in [-0.15, -0.1) is 5.10 Å². The molecule has 6 nitrogen and oxygen atoms in total. The molecule has 0 radical (unpaired) electrons. The molecule has 1 aliphatic heterocycles. The lowest BCUT2D eigenvalue weighted by molar-refractivity contribution is 0.213. The van der Waals surface area contributed by atoms with Crippen LogP contribution in [0.5, 0.6) is 5.88 Å². The molecular weight excluding hydrogens is 370 g/mol. The van der Waals surface area contributed by atoms with E-state index in [1.165, 1.54) is 12.8 Å². The summed E-state index contributed by atoms with van der Waals surface area (Å²) in [6, 6.07) is 4.00. The van der Waals surface area contributed by atoms with Crippen LogP contribution in [-0.2, 0) is 0 Å². The van der Waals surface area contributed by atoms with E-state index in [0.717, 1.165) is 42.0 Å². The van der Waals surface area contributed by atoms with Crippen molar-refractivity contribution in [2.75, 3.05) is 24.6 Å². The molecule has 2 aromatic heterocycles. The van der Waals surface area contributed by atoms with Gasteiger partial charge in [-0.05, 0) is 53.6 Å². The third-order valence-electron chi connectivity index (χ3n) is 4.63. The van der Waals surface area contributed by atoms with Gasteiger partial charge in [0.05, 0.1) is 16.8 Å². The van der Waals surface area contributed by atoms with Gasteiger partial charge in [0, 0.05) is 37.5 Å². The Bertz CT molecular complexity index is 666. The molecule has 7 heteroatoms. The molecule has 1 saturated heterocycles. The van der Waals surface area contributed by atoms with Gasteiger partial charge in [-0.1, -0.05) is 0 Å². The molecule has 126 valence electrons. The highest BCUT2D eigenvalue weighted by atomic mass is 79.9. The van der Waals surface area contributed by atoms with E-state index in [4.69, 9.17) is 4.74 Å². The SMILES string of the molecule is Brc1cnc(N2CCC(COc3ccc(C4CC4)nn3)CC2)nc1. The zero-order valence-electron chi connectivity index (χ0n) is 13.4. The molecule has 1 saturated carbocycles. The minimum absolute atomic E-state index is 0.543. The van der Waals surface area contributed by atoms with Gasteiger partial charge in [0.2, 0.25) is 11.8 Å². The first kappa shape index (κ1) is 15.7. The number of hydrogen-bond donors (Lipinski definition) is 0. The van der Waals surface area contributed by atoms with Gasteiger partial charge in [-0.3, -0.25) is 0 Å².